The molecule has 0 amide bonds. The summed E-state index contributed by atoms with van der Waals surface area (Å²) in [6.45, 7) is 6.04. The van der Waals surface area contributed by atoms with Crippen LogP contribution in [-0.4, -0.2) is 24.1 Å². The Morgan fingerprint density at radius 3 is 1.87 bits per heavy atom. The third-order valence-corrected chi connectivity index (χ3v) is 12.6. The Balaban J connectivity index is 1.13. The van der Waals surface area contributed by atoms with E-state index in [0.717, 1.165) is 82.7 Å². The van der Waals surface area contributed by atoms with Gasteiger partial charge in [-0.15, -0.1) is 0 Å². The molecule has 0 radical (unpaired) electrons. The van der Waals surface area contributed by atoms with Crippen molar-refractivity contribution in [1.82, 2.24) is 24.1 Å². The van der Waals surface area contributed by atoms with Gasteiger partial charge in [0.05, 0.1) is 38.8 Å². The minimum atomic E-state index is 0.479. The zero-order chi connectivity index (χ0) is 41.8. The lowest BCUT2D eigenvalue weighted by Crippen LogP contribution is -2.08. The van der Waals surface area contributed by atoms with Crippen LogP contribution in [-0.2, 0) is 0 Å². The number of aromatic nitrogens is 5. The van der Waals surface area contributed by atoms with Crippen molar-refractivity contribution in [3.05, 3.63) is 194 Å². The number of fused-ring (bicyclic) bond motifs is 11. The van der Waals surface area contributed by atoms with E-state index in [1.807, 2.05) is 54.6 Å². The summed E-state index contributed by atoms with van der Waals surface area (Å²) in [6, 6.07) is 57.0. The molecule has 0 spiro atoms. The molecule has 0 unspecified atom stereocenters. The van der Waals surface area contributed by atoms with Crippen molar-refractivity contribution in [2.75, 3.05) is 0 Å². The van der Waals surface area contributed by atoms with Crippen LogP contribution < -0.4 is 0 Å². The second kappa shape index (κ2) is 13.5. The van der Waals surface area contributed by atoms with Gasteiger partial charge < -0.3 is 13.4 Å². The maximum absolute atomic E-state index is 6.96. The van der Waals surface area contributed by atoms with Crippen molar-refractivity contribution < 1.29 is 8.83 Å². The average Bonchev–Trinajstić information content (AvgIpc) is 4.07. The Labute approximate surface area is 360 Å². The van der Waals surface area contributed by atoms with Gasteiger partial charge in [-0.1, -0.05) is 134 Å². The first-order chi connectivity index (χ1) is 31.1. The summed E-state index contributed by atoms with van der Waals surface area (Å²) in [5.41, 5.74) is 10.8. The maximum atomic E-state index is 6.96. The lowest BCUT2D eigenvalue weighted by atomic mass is 10.0. The predicted octanol–water partition coefficient (Wildman–Crippen LogP) is 14.7. The molecule has 0 atom stereocenters. The Kier molecular flexibility index (Phi) is 7.54. The molecule has 0 aliphatic carbocycles. The second-order valence-corrected chi connectivity index (χ2v) is 16.0. The zero-order valence-electron chi connectivity index (χ0n) is 34.1. The number of para-hydroxylation sites is 5. The van der Waals surface area contributed by atoms with E-state index in [0.29, 0.717) is 28.8 Å². The second-order valence-electron chi connectivity index (χ2n) is 16.0. The molecule has 7 heteroatoms. The lowest BCUT2D eigenvalue weighted by Gasteiger charge is -2.14. The van der Waals surface area contributed by atoms with Gasteiger partial charge in [-0.3, -0.25) is 4.57 Å². The highest BCUT2D eigenvalue weighted by atomic mass is 16.3. The van der Waals surface area contributed by atoms with Crippen LogP contribution in [0.25, 0.3) is 128 Å². The highest BCUT2D eigenvalue weighted by Crippen LogP contribution is 2.44. The third kappa shape index (κ3) is 5.17. The third-order valence-electron chi connectivity index (χ3n) is 12.6. The van der Waals surface area contributed by atoms with Crippen LogP contribution in [0.5, 0.6) is 0 Å². The molecule has 63 heavy (non-hydrogen) atoms. The summed E-state index contributed by atoms with van der Waals surface area (Å²) in [7, 11) is 0. The zero-order valence-corrected chi connectivity index (χ0v) is 34.1. The van der Waals surface area contributed by atoms with Crippen molar-refractivity contribution in [2.45, 2.75) is 6.92 Å². The molecular weight excluding hydrogens is 775 g/mol. The first kappa shape index (κ1) is 35.2. The van der Waals surface area contributed by atoms with Crippen molar-refractivity contribution in [3.63, 3.8) is 0 Å². The molecule has 0 saturated carbocycles. The Morgan fingerprint density at radius 2 is 1.10 bits per heavy atom. The molecule has 0 aliphatic rings. The van der Waals surface area contributed by atoms with Gasteiger partial charge in [0.15, 0.2) is 11.6 Å². The number of furan rings is 2. The number of allylic oxidation sites excluding steroid dienone is 2. The molecule has 0 saturated heterocycles. The lowest BCUT2D eigenvalue weighted by molar-refractivity contribution is 0.669. The van der Waals surface area contributed by atoms with Gasteiger partial charge in [0.1, 0.15) is 22.3 Å². The molecule has 0 bridgehead atoms. The van der Waals surface area contributed by atoms with Crippen molar-refractivity contribution in [2.24, 2.45) is 0 Å². The van der Waals surface area contributed by atoms with Gasteiger partial charge in [0, 0.05) is 43.6 Å². The summed E-state index contributed by atoms with van der Waals surface area (Å²) in [5, 5.41) is 9.85. The predicted molar refractivity (Wildman–Crippen MR) is 258 cm³/mol. The Hall–Kier alpha value is -8.55. The van der Waals surface area contributed by atoms with Crippen LogP contribution in [0, 0.1) is 6.92 Å². The molecule has 296 valence electrons. The van der Waals surface area contributed by atoms with E-state index in [1.165, 1.54) is 21.5 Å². The largest absolute Gasteiger partial charge is 0.455 e. The number of rotatable bonds is 6. The van der Waals surface area contributed by atoms with Crippen molar-refractivity contribution >= 4 is 93.4 Å². The normalized spacial score (nSPS) is 12.2. The summed E-state index contributed by atoms with van der Waals surface area (Å²) >= 11 is 0. The van der Waals surface area contributed by atoms with E-state index < -0.39 is 0 Å². The SMILES string of the molecule is C=C/C=C\c1c(C)n(-c2nc(-c3cccc4c3oc3ccccc34)nc(-c3ccc(-n4c5ccccc5c5cc6ccccc6cc54)c4c3oc3ccccc34)n2)c2ccccc12. The molecule has 0 N–H and O–H groups in total. The van der Waals surface area contributed by atoms with E-state index in [-0.39, 0.29) is 0 Å². The smallest absolute Gasteiger partial charge is 0.238 e. The molecule has 5 heterocycles. The number of hydrogen-bond acceptors (Lipinski definition) is 5. The molecule has 7 nitrogen and oxygen atoms in total. The molecule has 13 rings (SSSR count). The summed E-state index contributed by atoms with van der Waals surface area (Å²) < 4.78 is 18.0. The minimum Gasteiger partial charge on any atom is -0.455 e. The summed E-state index contributed by atoms with van der Waals surface area (Å²) in [5.74, 6) is 1.45. The molecule has 5 aromatic heterocycles. The topological polar surface area (TPSA) is 74.8 Å². The molecule has 0 fully saturated rings. The fourth-order valence-electron chi connectivity index (χ4n) is 9.74. The van der Waals surface area contributed by atoms with Gasteiger partial charge in [0.25, 0.3) is 0 Å². The molecule has 13 aromatic rings. The highest BCUT2D eigenvalue weighted by Gasteiger charge is 2.25. The summed E-state index contributed by atoms with van der Waals surface area (Å²) in [4.78, 5) is 16.0. The van der Waals surface area contributed by atoms with Crippen LogP contribution in [0.1, 0.15) is 11.3 Å². The summed E-state index contributed by atoms with van der Waals surface area (Å²) in [6.07, 6.45) is 5.85. The monoisotopic (exact) mass is 809 g/mol. The van der Waals surface area contributed by atoms with Crippen LogP contribution in [0.3, 0.4) is 0 Å². The number of benzene rings is 8. The quantitative estimate of drug-likeness (QED) is 0.156. The van der Waals surface area contributed by atoms with Gasteiger partial charge in [-0.05, 0) is 72.3 Å². The Morgan fingerprint density at radius 1 is 0.492 bits per heavy atom. The number of nitrogens with zero attached hydrogens (tertiary/aromatic N) is 5. The minimum absolute atomic E-state index is 0.479. The molecule has 0 aliphatic heterocycles. The van der Waals surface area contributed by atoms with Crippen molar-refractivity contribution in [3.8, 4) is 34.4 Å². The van der Waals surface area contributed by atoms with Crippen molar-refractivity contribution in [1.29, 1.82) is 0 Å². The van der Waals surface area contributed by atoms with Crippen LogP contribution in [0.2, 0.25) is 0 Å². The van der Waals surface area contributed by atoms with E-state index in [9.17, 15) is 0 Å². The van der Waals surface area contributed by atoms with Gasteiger partial charge >= 0.3 is 0 Å². The number of hydrogen-bond donors (Lipinski definition) is 0. The van der Waals surface area contributed by atoms with Gasteiger partial charge in [-0.2, -0.15) is 9.97 Å². The average molecular weight is 810 g/mol. The highest BCUT2D eigenvalue weighted by molar-refractivity contribution is 6.18. The van der Waals surface area contributed by atoms with Crippen LogP contribution in [0.15, 0.2) is 191 Å². The van der Waals surface area contributed by atoms with E-state index in [2.05, 4.69) is 144 Å². The van der Waals surface area contributed by atoms with E-state index in [4.69, 9.17) is 23.8 Å². The van der Waals surface area contributed by atoms with E-state index >= 15 is 0 Å². The first-order valence-electron chi connectivity index (χ1n) is 21.1. The van der Waals surface area contributed by atoms with Crippen LogP contribution >= 0.6 is 0 Å². The first-order valence-corrected chi connectivity index (χ1v) is 21.1. The Bertz CT molecular complexity index is 4080. The fraction of sp³-hybridized carbons (Fsp3) is 0.0179. The van der Waals surface area contributed by atoms with Crippen LogP contribution in [0.4, 0.5) is 0 Å². The maximum Gasteiger partial charge on any atom is 0.238 e. The van der Waals surface area contributed by atoms with Gasteiger partial charge in [-0.25, -0.2) is 4.98 Å². The molecular formula is C56H35N5O2. The van der Waals surface area contributed by atoms with E-state index in [1.54, 1.807) is 6.08 Å². The standard InChI is InChI=1S/C56H35N5O2/c1-3-4-18-36-33(2)60(45-25-11-7-19-37(36)45)56-58-54(42-24-15-23-40-39-21-9-13-27-49(39)62-52(40)42)57-55(59-56)43-29-30-47(51-41-22-10-14-28-50(41)63-53(43)51)61-46-26-12-8-20-38(46)44-31-34-16-5-6-17-35(34)32-48(44)61/h3-32H,1H2,2H3/b18-4-. The molecule has 8 aromatic carbocycles. The fourth-order valence-corrected chi connectivity index (χ4v) is 9.74. The van der Waals surface area contributed by atoms with Gasteiger partial charge in [0.2, 0.25) is 5.95 Å².